The number of hydrogen-bond acceptors (Lipinski definition) is 4. The van der Waals surface area contributed by atoms with Gasteiger partial charge in [-0.15, -0.1) is 0 Å². The molecule has 2 aromatic carbocycles. The first-order chi connectivity index (χ1) is 15.3. The molecule has 1 unspecified atom stereocenters. The van der Waals surface area contributed by atoms with Gasteiger partial charge in [0.05, 0.1) is 25.0 Å². The number of ether oxygens (including phenoxy) is 1. The Hall–Kier alpha value is -3.21. The Kier molecular flexibility index (Phi) is 6.92. The number of unbranched alkanes of at least 4 members (excludes halogenated alkanes) is 4. The van der Waals surface area contributed by atoms with Crippen LogP contribution in [0.3, 0.4) is 0 Å². The third-order valence-electron chi connectivity index (χ3n) is 5.65. The Labute approximate surface area is 184 Å². The smallest absolute Gasteiger partial charge is 0.258 e. The maximum absolute atomic E-state index is 13.4. The summed E-state index contributed by atoms with van der Waals surface area (Å²) in [4.78, 5) is 15.2. The third-order valence-corrected chi connectivity index (χ3v) is 5.65. The molecule has 0 spiro atoms. The summed E-state index contributed by atoms with van der Waals surface area (Å²) in [5, 5.41) is 3.55. The summed E-state index contributed by atoms with van der Waals surface area (Å²) in [5.41, 5.74) is 2.45. The Balaban J connectivity index is 1.58. The molecule has 0 saturated carbocycles. The van der Waals surface area contributed by atoms with E-state index in [4.69, 9.17) is 9.15 Å². The molecule has 3 aromatic rings. The molecular formula is C26H30N2O3. The predicted octanol–water partition coefficient (Wildman–Crippen LogP) is 6.40. The lowest BCUT2D eigenvalue weighted by atomic mass is 10.0. The quantitative estimate of drug-likeness (QED) is 0.387. The number of nitrogens with one attached hydrogen (secondary N) is 1. The average molecular weight is 419 g/mol. The van der Waals surface area contributed by atoms with Gasteiger partial charge in [0.2, 0.25) is 0 Å². The summed E-state index contributed by atoms with van der Waals surface area (Å²) >= 11 is 0. The Morgan fingerprint density at radius 1 is 0.968 bits per heavy atom. The number of furan rings is 1. The van der Waals surface area contributed by atoms with Crippen LogP contribution >= 0.6 is 0 Å². The van der Waals surface area contributed by atoms with Gasteiger partial charge in [0.15, 0.2) is 0 Å². The topological polar surface area (TPSA) is 54.7 Å². The van der Waals surface area contributed by atoms with Crippen molar-refractivity contribution in [2.24, 2.45) is 0 Å². The highest BCUT2D eigenvalue weighted by Gasteiger charge is 2.34. The van der Waals surface area contributed by atoms with Crippen LogP contribution in [-0.4, -0.2) is 17.4 Å². The minimum Gasteiger partial charge on any atom is -0.493 e. The van der Waals surface area contributed by atoms with Crippen LogP contribution < -0.4 is 10.1 Å². The van der Waals surface area contributed by atoms with Crippen molar-refractivity contribution in [3.05, 3.63) is 83.8 Å². The van der Waals surface area contributed by atoms with Crippen molar-refractivity contribution in [3.63, 3.8) is 0 Å². The van der Waals surface area contributed by atoms with Gasteiger partial charge in [0.25, 0.3) is 5.91 Å². The van der Waals surface area contributed by atoms with Crippen molar-refractivity contribution in [1.82, 2.24) is 4.90 Å². The number of carbonyl (C=O) groups excluding carboxylic acids is 1. The zero-order valence-electron chi connectivity index (χ0n) is 18.0. The first kappa shape index (κ1) is 21.0. The lowest BCUT2D eigenvalue weighted by Gasteiger charge is -2.38. The number of para-hydroxylation sites is 2. The molecule has 0 bridgehead atoms. The Morgan fingerprint density at radius 3 is 2.61 bits per heavy atom. The molecule has 5 nitrogen and oxygen atoms in total. The van der Waals surface area contributed by atoms with Crippen LogP contribution in [0, 0.1) is 0 Å². The van der Waals surface area contributed by atoms with Gasteiger partial charge in [-0.25, -0.2) is 0 Å². The summed E-state index contributed by atoms with van der Waals surface area (Å²) in [6.45, 7) is 3.27. The van der Waals surface area contributed by atoms with Crippen LogP contribution in [0.4, 0.5) is 5.69 Å². The molecule has 31 heavy (non-hydrogen) atoms. The van der Waals surface area contributed by atoms with E-state index in [0.29, 0.717) is 18.7 Å². The van der Waals surface area contributed by atoms with Crippen molar-refractivity contribution in [1.29, 1.82) is 0 Å². The number of nitrogens with zero attached hydrogens (tertiary/aromatic N) is 1. The van der Waals surface area contributed by atoms with Gasteiger partial charge in [-0.3, -0.25) is 4.79 Å². The van der Waals surface area contributed by atoms with Crippen molar-refractivity contribution in [2.45, 2.75) is 51.7 Å². The molecule has 1 N–H and O–H groups in total. The van der Waals surface area contributed by atoms with E-state index in [-0.39, 0.29) is 12.1 Å². The third kappa shape index (κ3) is 4.93. The monoisotopic (exact) mass is 418 g/mol. The summed E-state index contributed by atoms with van der Waals surface area (Å²) < 4.78 is 11.7. The Morgan fingerprint density at radius 2 is 1.77 bits per heavy atom. The van der Waals surface area contributed by atoms with Gasteiger partial charge < -0.3 is 19.4 Å². The van der Waals surface area contributed by atoms with E-state index < -0.39 is 0 Å². The second kappa shape index (κ2) is 10.2. The average Bonchev–Trinajstić information content (AvgIpc) is 3.32. The number of anilines is 1. The highest BCUT2D eigenvalue weighted by molar-refractivity contribution is 6.01. The van der Waals surface area contributed by atoms with E-state index in [1.165, 1.54) is 25.7 Å². The molecule has 5 heteroatoms. The van der Waals surface area contributed by atoms with Crippen molar-refractivity contribution >= 4 is 11.6 Å². The van der Waals surface area contributed by atoms with Crippen LogP contribution in [0.25, 0.3) is 0 Å². The van der Waals surface area contributed by atoms with Gasteiger partial charge >= 0.3 is 0 Å². The van der Waals surface area contributed by atoms with Gasteiger partial charge in [0, 0.05) is 11.3 Å². The first-order valence-electron chi connectivity index (χ1n) is 11.2. The predicted molar refractivity (Wildman–Crippen MR) is 122 cm³/mol. The van der Waals surface area contributed by atoms with Crippen LogP contribution in [-0.2, 0) is 6.54 Å². The molecule has 1 aliphatic heterocycles. The lowest BCUT2D eigenvalue weighted by molar-refractivity contribution is 0.0648. The summed E-state index contributed by atoms with van der Waals surface area (Å²) in [6, 6.07) is 19.3. The minimum atomic E-state index is -0.344. The van der Waals surface area contributed by atoms with E-state index in [0.717, 1.165) is 29.2 Å². The molecule has 4 rings (SSSR count). The molecule has 2 heterocycles. The number of rotatable bonds is 10. The highest BCUT2D eigenvalue weighted by Crippen LogP contribution is 2.37. The second-order valence-electron chi connectivity index (χ2n) is 7.91. The summed E-state index contributed by atoms with van der Waals surface area (Å²) in [6.07, 6.45) is 7.25. The maximum Gasteiger partial charge on any atom is 0.258 e. The molecular weight excluding hydrogens is 388 g/mol. The lowest BCUT2D eigenvalue weighted by Crippen LogP contribution is -2.42. The molecule has 0 radical (unpaired) electrons. The zero-order chi connectivity index (χ0) is 21.5. The van der Waals surface area contributed by atoms with E-state index >= 15 is 0 Å². The van der Waals surface area contributed by atoms with E-state index in [1.54, 1.807) is 6.26 Å². The molecule has 162 valence electrons. The minimum absolute atomic E-state index is 0.0230. The van der Waals surface area contributed by atoms with Crippen molar-refractivity contribution in [3.8, 4) is 5.75 Å². The fraction of sp³-hybridized carbons (Fsp3) is 0.346. The number of hydrogen-bond donors (Lipinski definition) is 1. The molecule has 1 aliphatic rings. The van der Waals surface area contributed by atoms with Crippen molar-refractivity contribution < 1.29 is 13.9 Å². The molecule has 0 aliphatic carbocycles. The van der Waals surface area contributed by atoms with Gasteiger partial charge in [-0.2, -0.15) is 0 Å². The number of amides is 1. The van der Waals surface area contributed by atoms with E-state index in [2.05, 4.69) is 12.2 Å². The fourth-order valence-electron chi connectivity index (χ4n) is 4.00. The van der Waals surface area contributed by atoms with Crippen LogP contribution in [0.1, 0.15) is 66.9 Å². The number of fused-ring (bicyclic) bond motifs is 1. The van der Waals surface area contributed by atoms with Gasteiger partial charge in [-0.1, -0.05) is 62.9 Å². The SMILES string of the molecule is CCCCCCCOc1ccccc1C1Nc2ccccc2C(=O)N1Cc1ccco1. The van der Waals surface area contributed by atoms with E-state index in [1.807, 2.05) is 65.6 Å². The number of benzene rings is 2. The summed E-state index contributed by atoms with van der Waals surface area (Å²) in [7, 11) is 0. The zero-order valence-corrected chi connectivity index (χ0v) is 18.0. The van der Waals surface area contributed by atoms with Crippen LogP contribution in [0.15, 0.2) is 71.3 Å². The largest absolute Gasteiger partial charge is 0.493 e. The van der Waals surface area contributed by atoms with Crippen molar-refractivity contribution in [2.75, 3.05) is 11.9 Å². The number of carbonyl (C=O) groups is 1. The van der Waals surface area contributed by atoms with Crippen LogP contribution in [0.5, 0.6) is 5.75 Å². The molecule has 1 atom stereocenters. The van der Waals surface area contributed by atoms with Crippen LogP contribution in [0.2, 0.25) is 0 Å². The molecule has 0 saturated heterocycles. The first-order valence-corrected chi connectivity index (χ1v) is 11.2. The van der Waals surface area contributed by atoms with Gasteiger partial charge in [0.1, 0.15) is 17.7 Å². The maximum atomic E-state index is 13.4. The molecule has 0 fully saturated rings. The molecule has 1 aromatic heterocycles. The second-order valence-corrected chi connectivity index (χ2v) is 7.91. The summed E-state index contributed by atoms with van der Waals surface area (Å²) in [5.74, 6) is 1.53. The normalized spacial score (nSPS) is 15.5. The standard InChI is InChI=1S/C26H30N2O3/c1-2-3-4-5-10-17-31-24-16-9-7-14-22(24)25-27-23-15-8-6-13-21(23)26(29)28(25)19-20-12-11-18-30-20/h6-9,11-16,18,25,27H,2-5,10,17,19H2,1H3. The molecule has 1 amide bonds. The van der Waals surface area contributed by atoms with Gasteiger partial charge in [-0.05, 0) is 36.8 Å². The fourth-order valence-corrected chi connectivity index (χ4v) is 4.00. The highest BCUT2D eigenvalue weighted by atomic mass is 16.5. The Bertz CT molecular complexity index is 984. The van der Waals surface area contributed by atoms with E-state index in [9.17, 15) is 4.79 Å².